The van der Waals surface area contributed by atoms with Crippen LogP contribution in [0.1, 0.15) is 23.4 Å². The lowest BCUT2D eigenvalue weighted by atomic mass is 10.1. The van der Waals surface area contributed by atoms with Crippen LogP contribution in [0.15, 0.2) is 41.7 Å². The summed E-state index contributed by atoms with van der Waals surface area (Å²) in [5.74, 6) is -0.333. The Kier molecular flexibility index (Phi) is 4.09. The minimum Gasteiger partial charge on any atom is -0.408 e. The molecule has 0 bridgehead atoms. The molecule has 2 N–H and O–H groups in total. The van der Waals surface area contributed by atoms with Gasteiger partial charge in [0.05, 0.1) is 15.3 Å². The minimum atomic E-state index is -0.333. The fourth-order valence-corrected chi connectivity index (χ4v) is 4.38. The topological polar surface area (TPSA) is 61.2 Å². The molecule has 1 aromatic carbocycles. The van der Waals surface area contributed by atoms with Crippen LogP contribution in [0.25, 0.3) is 11.1 Å². The van der Waals surface area contributed by atoms with Crippen LogP contribution in [0.3, 0.4) is 0 Å². The summed E-state index contributed by atoms with van der Waals surface area (Å²) in [6.07, 6.45) is 0. The zero-order valence-corrected chi connectivity index (χ0v) is 15.1. The highest BCUT2D eigenvalue weighted by molar-refractivity contribution is 9.13. The molecule has 21 heavy (non-hydrogen) atoms. The maximum Gasteiger partial charge on any atom is 0.419 e. The Hall–Kier alpha value is -0.890. The van der Waals surface area contributed by atoms with Gasteiger partial charge in [-0.1, -0.05) is 6.07 Å². The van der Waals surface area contributed by atoms with Gasteiger partial charge in [0.25, 0.3) is 0 Å². The monoisotopic (exact) mass is 430 g/mol. The van der Waals surface area contributed by atoms with E-state index in [1.165, 1.54) is 0 Å². The summed E-state index contributed by atoms with van der Waals surface area (Å²) in [7, 11) is 0. The van der Waals surface area contributed by atoms with E-state index >= 15 is 0 Å². The molecule has 3 rings (SSSR count). The first-order chi connectivity index (χ1) is 10.0. The Balaban J connectivity index is 2.06. The van der Waals surface area contributed by atoms with Crippen LogP contribution in [0.2, 0.25) is 0 Å². The molecule has 1 unspecified atom stereocenters. The zero-order valence-electron chi connectivity index (χ0n) is 11.1. The molecule has 7 heteroatoms. The Labute approximate surface area is 141 Å². The van der Waals surface area contributed by atoms with Crippen molar-refractivity contribution in [3.05, 3.63) is 53.5 Å². The first kappa shape index (κ1) is 15.0. The van der Waals surface area contributed by atoms with Crippen molar-refractivity contribution in [2.24, 2.45) is 5.73 Å². The molecule has 0 fully saturated rings. The second-order valence-corrected chi connectivity index (χ2v) is 7.84. The van der Waals surface area contributed by atoms with Gasteiger partial charge in [0, 0.05) is 15.9 Å². The fourth-order valence-electron chi connectivity index (χ4n) is 2.26. The highest BCUT2D eigenvalue weighted by Gasteiger charge is 2.16. The van der Waals surface area contributed by atoms with Crippen molar-refractivity contribution in [2.45, 2.75) is 19.5 Å². The highest BCUT2D eigenvalue weighted by Crippen LogP contribution is 2.37. The molecule has 0 aliphatic heterocycles. The van der Waals surface area contributed by atoms with Gasteiger partial charge in [0.15, 0.2) is 5.58 Å². The van der Waals surface area contributed by atoms with Crippen molar-refractivity contribution in [1.29, 1.82) is 0 Å². The van der Waals surface area contributed by atoms with E-state index in [1.54, 1.807) is 15.9 Å². The van der Waals surface area contributed by atoms with Crippen LogP contribution in [-0.4, -0.2) is 4.57 Å². The number of nitrogens with two attached hydrogens (primary N) is 1. The quantitative estimate of drug-likeness (QED) is 0.674. The van der Waals surface area contributed by atoms with E-state index in [9.17, 15) is 4.79 Å². The number of thiophene rings is 1. The predicted molar refractivity (Wildman–Crippen MR) is 91.9 cm³/mol. The van der Waals surface area contributed by atoms with Crippen LogP contribution in [-0.2, 0) is 6.54 Å². The summed E-state index contributed by atoms with van der Waals surface area (Å²) >= 11 is 8.52. The molecule has 0 spiro atoms. The number of halogens is 2. The normalized spacial score (nSPS) is 13.0. The maximum atomic E-state index is 11.7. The Morgan fingerprint density at radius 3 is 2.76 bits per heavy atom. The molecule has 0 aliphatic rings. The number of nitrogens with zero attached hydrogens (tertiary/aromatic N) is 1. The Bertz CT molecular complexity index is 846. The largest absolute Gasteiger partial charge is 0.419 e. The lowest BCUT2D eigenvalue weighted by molar-refractivity contribution is 0.513. The van der Waals surface area contributed by atoms with E-state index in [0.717, 1.165) is 24.2 Å². The van der Waals surface area contributed by atoms with E-state index < -0.39 is 0 Å². The summed E-state index contributed by atoms with van der Waals surface area (Å²) in [6.45, 7) is 2.50. The molecule has 3 aromatic rings. The predicted octanol–water partition coefficient (Wildman–Crippen LogP) is 4.25. The number of fused-ring (bicyclic) bond motifs is 1. The van der Waals surface area contributed by atoms with Crippen molar-refractivity contribution < 1.29 is 4.42 Å². The van der Waals surface area contributed by atoms with E-state index in [0.29, 0.717) is 12.1 Å². The minimum absolute atomic E-state index is 0.253. The zero-order chi connectivity index (χ0) is 15.1. The molecular weight excluding hydrogens is 420 g/mol. The number of rotatable bonds is 3. The standard InChI is InChI=1S/C14H12Br2N2O2S/c1-2-18-9-4-3-7(5-10(9)20-14(18)19)12(17)11-6-8(15)13(16)21-11/h3-6,12H,2,17H2,1H3. The first-order valence-electron chi connectivity index (χ1n) is 6.35. The van der Waals surface area contributed by atoms with Gasteiger partial charge < -0.3 is 10.2 Å². The average Bonchev–Trinajstić information content (AvgIpc) is 2.96. The van der Waals surface area contributed by atoms with E-state index in [2.05, 4.69) is 31.9 Å². The van der Waals surface area contributed by atoms with Gasteiger partial charge in [0.2, 0.25) is 0 Å². The van der Waals surface area contributed by atoms with Crippen molar-refractivity contribution in [3.63, 3.8) is 0 Å². The summed E-state index contributed by atoms with van der Waals surface area (Å²) in [4.78, 5) is 12.8. The fraction of sp³-hybridized carbons (Fsp3) is 0.214. The second-order valence-electron chi connectivity index (χ2n) is 4.59. The van der Waals surface area contributed by atoms with Crippen LogP contribution >= 0.6 is 43.2 Å². The number of benzene rings is 1. The summed E-state index contributed by atoms with van der Waals surface area (Å²) in [5, 5.41) is 0. The smallest absolute Gasteiger partial charge is 0.408 e. The van der Waals surface area contributed by atoms with Gasteiger partial charge in [-0.3, -0.25) is 4.57 Å². The van der Waals surface area contributed by atoms with Gasteiger partial charge in [-0.15, -0.1) is 11.3 Å². The van der Waals surface area contributed by atoms with Gasteiger partial charge in [-0.2, -0.15) is 0 Å². The highest BCUT2D eigenvalue weighted by atomic mass is 79.9. The number of hydrogen-bond donors (Lipinski definition) is 1. The van der Waals surface area contributed by atoms with E-state index in [-0.39, 0.29) is 11.8 Å². The Morgan fingerprint density at radius 1 is 1.38 bits per heavy atom. The van der Waals surface area contributed by atoms with E-state index in [4.69, 9.17) is 10.2 Å². The molecule has 110 valence electrons. The van der Waals surface area contributed by atoms with Gasteiger partial charge in [-0.05, 0) is 62.5 Å². The van der Waals surface area contributed by atoms with Crippen molar-refractivity contribution in [1.82, 2.24) is 4.57 Å². The molecule has 2 heterocycles. The average molecular weight is 432 g/mol. The third-order valence-electron chi connectivity index (χ3n) is 3.34. The first-order valence-corrected chi connectivity index (χ1v) is 8.75. The SMILES string of the molecule is CCn1c(=O)oc2cc(C(N)c3cc(Br)c(Br)s3)ccc21. The molecule has 0 amide bonds. The van der Waals surface area contributed by atoms with Gasteiger partial charge in [0.1, 0.15) is 0 Å². The third kappa shape index (κ3) is 2.63. The summed E-state index contributed by atoms with van der Waals surface area (Å²) < 4.78 is 8.88. The molecule has 4 nitrogen and oxygen atoms in total. The van der Waals surface area contributed by atoms with Crippen molar-refractivity contribution >= 4 is 54.3 Å². The number of oxazole rings is 1. The van der Waals surface area contributed by atoms with Crippen molar-refractivity contribution in [2.75, 3.05) is 0 Å². The second kappa shape index (κ2) is 5.72. The number of aryl methyl sites for hydroxylation is 1. The summed E-state index contributed by atoms with van der Waals surface area (Å²) in [6, 6.07) is 7.41. The third-order valence-corrected chi connectivity index (χ3v) is 6.68. The lowest BCUT2D eigenvalue weighted by Gasteiger charge is -2.09. The van der Waals surface area contributed by atoms with Crippen LogP contribution in [0.5, 0.6) is 0 Å². The molecular formula is C14H12Br2N2O2S. The molecule has 1 atom stereocenters. The molecule has 2 aromatic heterocycles. The maximum absolute atomic E-state index is 11.7. The van der Waals surface area contributed by atoms with Crippen LogP contribution in [0, 0.1) is 0 Å². The van der Waals surface area contributed by atoms with Crippen LogP contribution < -0.4 is 11.5 Å². The van der Waals surface area contributed by atoms with Gasteiger partial charge in [-0.25, -0.2) is 4.79 Å². The Morgan fingerprint density at radius 2 is 2.14 bits per heavy atom. The summed E-state index contributed by atoms with van der Waals surface area (Å²) in [5.41, 5.74) is 8.60. The number of aromatic nitrogens is 1. The number of hydrogen-bond acceptors (Lipinski definition) is 4. The van der Waals surface area contributed by atoms with E-state index in [1.807, 2.05) is 31.2 Å². The molecule has 0 saturated carbocycles. The lowest BCUT2D eigenvalue weighted by Crippen LogP contribution is -2.12. The van der Waals surface area contributed by atoms with Crippen LogP contribution in [0.4, 0.5) is 0 Å². The molecule has 0 aliphatic carbocycles. The van der Waals surface area contributed by atoms with Gasteiger partial charge >= 0.3 is 5.76 Å². The molecule has 0 radical (unpaired) electrons. The van der Waals surface area contributed by atoms with Crippen molar-refractivity contribution in [3.8, 4) is 0 Å². The molecule has 0 saturated heterocycles.